The number of ether oxygens (including phenoxy) is 1. The molecule has 1 heterocycles. The topological polar surface area (TPSA) is 42.1 Å². The molecule has 0 fully saturated rings. The molecular formula is C17H20FNO2. The van der Waals surface area contributed by atoms with Crippen molar-refractivity contribution in [1.82, 2.24) is 4.98 Å². The van der Waals surface area contributed by atoms with Crippen molar-refractivity contribution < 1.29 is 9.13 Å². The van der Waals surface area contributed by atoms with Gasteiger partial charge in [0.25, 0.3) is 5.56 Å². The zero-order valence-electron chi connectivity index (χ0n) is 12.8. The Bertz CT molecular complexity index is 740. The molecule has 4 heteroatoms. The number of H-pyrrole nitrogens is 1. The number of hydrogen-bond donors (Lipinski definition) is 1. The minimum atomic E-state index is -0.351. The van der Waals surface area contributed by atoms with Gasteiger partial charge in [-0.1, -0.05) is 19.4 Å². The van der Waals surface area contributed by atoms with Gasteiger partial charge in [-0.2, -0.15) is 0 Å². The van der Waals surface area contributed by atoms with Crippen molar-refractivity contribution in [1.29, 1.82) is 0 Å². The highest BCUT2D eigenvalue weighted by atomic mass is 19.1. The van der Waals surface area contributed by atoms with Gasteiger partial charge in [0, 0.05) is 5.39 Å². The standard InChI is InChI=1S/C17H20FNO2/c1-10(2)7-8-21-16-13-9-12(18)5-6-14(13)19-17(20)15(16)11(3)4/h5-7,9,11H,8H2,1-4H3,(H,19,20). The summed E-state index contributed by atoms with van der Waals surface area (Å²) >= 11 is 0. The number of rotatable bonds is 4. The minimum absolute atomic E-state index is 0.0110. The van der Waals surface area contributed by atoms with E-state index in [-0.39, 0.29) is 17.3 Å². The van der Waals surface area contributed by atoms with E-state index >= 15 is 0 Å². The van der Waals surface area contributed by atoms with E-state index in [1.165, 1.54) is 12.1 Å². The van der Waals surface area contributed by atoms with E-state index in [0.29, 0.717) is 28.8 Å². The van der Waals surface area contributed by atoms with Crippen LogP contribution < -0.4 is 10.3 Å². The van der Waals surface area contributed by atoms with Gasteiger partial charge in [0.2, 0.25) is 0 Å². The summed E-state index contributed by atoms with van der Waals surface area (Å²) in [5.41, 5.74) is 2.07. The number of pyridine rings is 1. The molecule has 0 saturated heterocycles. The lowest BCUT2D eigenvalue weighted by Gasteiger charge is -2.15. The number of benzene rings is 1. The number of hydrogen-bond acceptors (Lipinski definition) is 2. The van der Waals surface area contributed by atoms with E-state index in [0.717, 1.165) is 5.57 Å². The summed E-state index contributed by atoms with van der Waals surface area (Å²) in [4.78, 5) is 15.0. The van der Waals surface area contributed by atoms with Gasteiger partial charge < -0.3 is 9.72 Å². The van der Waals surface area contributed by atoms with Crippen molar-refractivity contribution in [3.63, 3.8) is 0 Å². The predicted molar refractivity (Wildman–Crippen MR) is 83.5 cm³/mol. The molecule has 0 aliphatic carbocycles. The van der Waals surface area contributed by atoms with Crippen LogP contribution in [0.3, 0.4) is 0 Å². The Kier molecular flexibility index (Phi) is 4.46. The molecule has 2 rings (SSSR count). The first kappa shape index (κ1) is 15.3. The zero-order valence-corrected chi connectivity index (χ0v) is 12.8. The summed E-state index contributed by atoms with van der Waals surface area (Å²) in [7, 11) is 0. The van der Waals surface area contributed by atoms with Crippen LogP contribution in [0.5, 0.6) is 5.75 Å². The Morgan fingerprint density at radius 3 is 2.71 bits per heavy atom. The van der Waals surface area contributed by atoms with Crippen molar-refractivity contribution in [3.8, 4) is 5.75 Å². The summed E-state index contributed by atoms with van der Waals surface area (Å²) in [5, 5.41) is 0.598. The van der Waals surface area contributed by atoms with Gasteiger partial charge in [-0.3, -0.25) is 4.79 Å². The molecule has 0 amide bonds. The first-order valence-electron chi connectivity index (χ1n) is 7.01. The number of nitrogens with one attached hydrogen (secondary N) is 1. The van der Waals surface area contributed by atoms with Crippen LogP contribution in [0.4, 0.5) is 4.39 Å². The molecule has 0 unspecified atom stereocenters. The van der Waals surface area contributed by atoms with E-state index in [9.17, 15) is 9.18 Å². The number of aromatic nitrogens is 1. The van der Waals surface area contributed by atoms with Crippen LogP contribution in [0.2, 0.25) is 0 Å². The molecule has 0 atom stereocenters. The summed E-state index contributed by atoms with van der Waals surface area (Å²) in [6.45, 7) is 8.15. The van der Waals surface area contributed by atoms with E-state index in [1.54, 1.807) is 6.07 Å². The molecule has 0 aliphatic heterocycles. The molecule has 21 heavy (non-hydrogen) atoms. The van der Waals surface area contributed by atoms with Gasteiger partial charge >= 0.3 is 0 Å². The van der Waals surface area contributed by atoms with Crippen molar-refractivity contribution in [2.45, 2.75) is 33.6 Å². The lowest BCUT2D eigenvalue weighted by Crippen LogP contribution is -2.16. The van der Waals surface area contributed by atoms with Crippen molar-refractivity contribution in [3.05, 3.63) is 51.6 Å². The third-order valence-corrected chi connectivity index (χ3v) is 3.26. The number of fused-ring (bicyclic) bond motifs is 1. The van der Waals surface area contributed by atoms with Crippen LogP contribution >= 0.6 is 0 Å². The molecule has 0 saturated carbocycles. The summed E-state index contributed by atoms with van der Waals surface area (Å²) in [5.74, 6) is 0.111. The largest absolute Gasteiger partial charge is 0.488 e. The average molecular weight is 289 g/mol. The Morgan fingerprint density at radius 2 is 2.10 bits per heavy atom. The summed E-state index contributed by atoms with van der Waals surface area (Å²) < 4.78 is 19.3. The van der Waals surface area contributed by atoms with Crippen molar-refractivity contribution in [2.24, 2.45) is 0 Å². The molecule has 0 radical (unpaired) electrons. The third kappa shape index (κ3) is 3.32. The molecule has 1 N–H and O–H groups in total. The molecular weight excluding hydrogens is 269 g/mol. The molecule has 0 aliphatic rings. The molecule has 2 aromatic rings. The molecule has 0 spiro atoms. The smallest absolute Gasteiger partial charge is 0.255 e. The van der Waals surface area contributed by atoms with E-state index in [1.807, 2.05) is 33.8 Å². The van der Waals surface area contributed by atoms with Crippen molar-refractivity contribution >= 4 is 10.9 Å². The Hall–Kier alpha value is -2.10. The van der Waals surface area contributed by atoms with Crippen molar-refractivity contribution in [2.75, 3.05) is 6.61 Å². The minimum Gasteiger partial charge on any atom is -0.488 e. The Morgan fingerprint density at radius 1 is 1.38 bits per heavy atom. The second-order valence-corrected chi connectivity index (χ2v) is 5.63. The van der Waals surface area contributed by atoms with E-state index in [2.05, 4.69) is 4.98 Å². The van der Waals surface area contributed by atoms with Crippen LogP contribution in [0.15, 0.2) is 34.6 Å². The Balaban J connectivity index is 2.65. The molecule has 0 bridgehead atoms. The lowest BCUT2D eigenvalue weighted by atomic mass is 10.0. The first-order chi connectivity index (χ1) is 9.90. The summed E-state index contributed by atoms with van der Waals surface area (Å²) in [6.07, 6.45) is 1.93. The highest BCUT2D eigenvalue weighted by Crippen LogP contribution is 2.31. The zero-order chi connectivity index (χ0) is 15.6. The normalized spacial score (nSPS) is 11.0. The number of aromatic amines is 1. The fourth-order valence-corrected chi connectivity index (χ4v) is 2.22. The second kappa shape index (κ2) is 6.12. The maximum Gasteiger partial charge on any atom is 0.255 e. The van der Waals surface area contributed by atoms with E-state index < -0.39 is 0 Å². The lowest BCUT2D eigenvalue weighted by molar-refractivity contribution is 0.359. The predicted octanol–water partition coefficient (Wildman–Crippen LogP) is 4.14. The van der Waals surface area contributed by atoms with Crippen LogP contribution in [0.1, 0.15) is 39.2 Å². The maximum absolute atomic E-state index is 13.5. The molecule has 1 aromatic heterocycles. The Labute approximate surface area is 123 Å². The fraction of sp³-hybridized carbons (Fsp3) is 0.353. The first-order valence-corrected chi connectivity index (χ1v) is 7.01. The maximum atomic E-state index is 13.5. The molecule has 3 nitrogen and oxygen atoms in total. The van der Waals surface area contributed by atoms with Gasteiger partial charge in [-0.05, 0) is 44.0 Å². The van der Waals surface area contributed by atoms with Crippen LogP contribution in [0, 0.1) is 5.82 Å². The van der Waals surface area contributed by atoms with Crippen LogP contribution in [-0.4, -0.2) is 11.6 Å². The molecule has 112 valence electrons. The second-order valence-electron chi connectivity index (χ2n) is 5.63. The van der Waals surface area contributed by atoms with Gasteiger partial charge in [-0.15, -0.1) is 0 Å². The van der Waals surface area contributed by atoms with Crippen LogP contribution in [-0.2, 0) is 0 Å². The van der Waals surface area contributed by atoms with Gasteiger partial charge in [0.05, 0.1) is 11.1 Å². The monoisotopic (exact) mass is 289 g/mol. The quantitative estimate of drug-likeness (QED) is 0.860. The number of halogens is 1. The summed E-state index contributed by atoms with van der Waals surface area (Å²) in [6, 6.07) is 4.28. The van der Waals surface area contributed by atoms with Gasteiger partial charge in [0.15, 0.2) is 0 Å². The average Bonchev–Trinajstić information content (AvgIpc) is 2.38. The van der Waals surface area contributed by atoms with Gasteiger partial charge in [0.1, 0.15) is 18.2 Å². The highest BCUT2D eigenvalue weighted by molar-refractivity contribution is 5.86. The van der Waals surface area contributed by atoms with E-state index in [4.69, 9.17) is 4.74 Å². The molecule has 1 aromatic carbocycles. The highest BCUT2D eigenvalue weighted by Gasteiger charge is 2.17. The van der Waals surface area contributed by atoms with Crippen LogP contribution in [0.25, 0.3) is 10.9 Å². The third-order valence-electron chi connectivity index (χ3n) is 3.26. The SMILES string of the molecule is CC(C)=CCOc1c(C(C)C)c(=O)[nH]c2ccc(F)cc12. The fourth-order valence-electron chi connectivity index (χ4n) is 2.22. The van der Waals surface area contributed by atoms with Gasteiger partial charge in [-0.25, -0.2) is 4.39 Å². The number of allylic oxidation sites excluding steroid dienone is 1.